The first-order valence-corrected chi connectivity index (χ1v) is 8.51. The molecule has 1 heterocycles. The third-order valence-electron chi connectivity index (χ3n) is 4.24. The molecule has 26 heavy (non-hydrogen) atoms. The average molecular weight is 376 g/mol. The SMILES string of the molecule is O=C(O)CN(CCO)CCN1CCN(CC(=O)O)CCN(C(=O)O)CC1. The normalized spacial score (nSPS) is 17.5. The molecular formula is C15H28N4O7. The maximum Gasteiger partial charge on any atom is 0.407 e. The van der Waals surface area contributed by atoms with E-state index in [1.54, 1.807) is 9.80 Å². The van der Waals surface area contributed by atoms with Crippen LogP contribution < -0.4 is 0 Å². The monoisotopic (exact) mass is 376 g/mol. The number of hydrogen-bond donors (Lipinski definition) is 4. The number of carboxylic acid groups (broad SMARTS) is 3. The first kappa shape index (κ1) is 22.1. The number of hydrogen-bond acceptors (Lipinski definition) is 7. The molecule has 1 saturated heterocycles. The van der Waals surface area contributed by atoms with E-state index in [9.17, 15) is 19.5 Å². The minimum atomic E-state index is -1.05. The van der Waals surface area contributed by atoms with Gasteiger partial charge in [0.2, 0.25) is 0 Å². The van der Waals surface area contributed by atoms with Crippen molar-refractivity contribution in [1.82, 2.24) is 19.6 Å². The van der Waals surface area contributed by atoms with Gasteiger partial charge in [0.1, 0.15) is 0 Å². The van der Waals surface area contributed by atoms with E-state index in [1.807, 2.05) is 4.90 Å². The molecule has 150 valence electrons. The van der Waals surface area contributed by atoms with Crippen LogP contribution in [0.3, 0.4) is 0 Å². The predicted molar refractivity (Wildman–Crippen MR) is 91.3 cm³/mol. The Morgan fingerprint density at radius 1 is 0.808 bits per heavy atom. The maximum absolute atomic E-state index is 11.3. The van der Waals surface area contributed by atoms with E-state index in [0.29, 0.717) is 45.8 Å². The van der Waals surface area contributed by atoms with Crippen LogP contribution in [0.2, 0.25) is 0 Å². The van der Waals surface area contributed by atoms with Gasteiger partial charge < -0.3 is 25.3 Å². The Balaban J connectivity index is 2.67. The van der Waals surface area contributed by atoms with Crippen molar-refractivity contribution in [2.24, 2.45) is 0 Å². The summed E-state index contributed by atoms with van der Waals surface area (Å²) in [5, 5.41) is 36.2. The van der Waals surface area contributed by atoms with Gasteiger partial charge in [0.25, 0.3) is 0 Å². The highest BCUT2D eigenvalue weighted by Crippen LogP contribution is 2.02. The van der Waals surface area contributed by atoms with Crippen molar-refractivity contribution in [3.63, 3.8) is 0 Å². The van der Waals surface area contributed by atoms with Gasteiger partial charge in [0.05, 0.1) is 19.7 Å². The predicted octanol–water partition coefficient (Wildman–Crippen LogP) is -1.95. The number of aliphatic hydroxyl groups excluding tert-OH is 1. The minimum Gasteiger partial charge on any atom is -0.480 e. The number of amides is 1. The van der Waals surface area contributed by atoms with Crippen molar-refractivity contribution in [2.75, 3.05) is 78.6 Å². The van der Waals surface area contributed by atoms with Crippen LogP contribution in [0, 0.1) is 0 Å². The van der Waals surface area contributed by atoms with E-state index in [2.05, 4.69) is 0 Å². The van der Waals surface area contributed by atoms with Gasteiger partial charge in [0.15, 0.2) is 0 Å². The third-order valence-corrected chi connectivity index (χ3v) is 4.24. The Hall–Kier alpha value is -1.95. The summed E-state index contributed by atoms with van der Waals surface area (Å²) in [6, 6.07) is 0. The van der Waals surface area contributed by atoms with Crippen molar-refractivity contribution >= 4 is 18.0 Å². The first-order chi connectivity index (χ1) is 12.3. The molecule has 0 unspecified atom stereocenters. The van der Waals surface area contributed by atoms with Crippen LogP contribution in [0.15, 0.2) is 0 Å². The van der Waals surface area contributed by atoms with Crippen LogP contribution >= 0.6 is 0 Å². The fraction of sp³-hybridized carbons (Fsp3) is 0.800. The Bertz CT molecular complexity index is 477. The minimum absolute atomic E-state index is 0.146. The number of rotatable bonds is 9. The van der Waals surface area contributed by atoms with Crippen molar-refractivity contribution in [2.45, 2.75) is 0 Å². The van der Waals surface area contributed by atoms with Gasteiger partial charge in [-0.3, -0.25) is 24.3 Å². The molecule has 0 aromatic heterocycles. The quantitative estimate of drug-likeness (QED) is 0.358. The summed E-state index contributed by atoms with van der Waals surface area (Å²) in [6.45, 7) is 3.09. The highest BCUT2D eigenvalue weighted by Gasteiger charge is 2.21. The van der Waals surface area contributed by atoms with Crippen molar-refractivity contribution in [3.05, 3.63) is 0 Å². The summed E-state index contributed by atoms with van der Waals surface area (Å²) >= 11 is 0. The molecule has 0 aromatic carbocycles. The summed E-state index contributed by atoms with van der Waals surface area (Å²) in [6.07, 6.45) is -1.05. The summed E-state index contributed by atoms with van der Waals surface area (Å²) in [5.41, 5.74) is 0. The lowest BCUT2D eigenvalue weighted by Crippen LogP contribution is -2.43. The molecule has 4 N–H and O–H groups in total. The fourth-order valence-electron chi connectivity index (χ4n) is 2.79. The smallest absolute Gasteiger partial charge is 0.407 e. The topological polar surface area (TPSA) is 145 Å². The Kier molecular flexibility index (Phi) is 9.88. The second-order valence-corrected chi connectivity index (χ2v) is 6.17. The van der Waals surface area contributed by atoms with E-state index in [1.165, 1.54) is 4.90 Å². The largest absolute Gasteiger partial charge is 0.480 e. The van der Waals surface area contributed by atoms with Crippen LogP contribution in [0.4, 0.5) is 4.79 Å². The standard InChI is InChI=1S/C15H28N4O7/c20-10-9-18(12-14(23)24)4-2-16-1-3-17(11-13(21)22)6-8-19(7-5-16)15(25)26/h20H,1-12H2,(H,21,22)(H,23,24)(H,25,26). The zero-order valence-electron chi connectivity index (χ0n) is 14.8. The molecule has 1 amide bonds. The molecule has 1 fully saturated rings. The molecule has 0 aromatic rings. The van der Waals surface area contributed by atoms with Gasteiger partial charge >= 0.3 is 18.0 Å². The molecule has 0 saturated carbocycles. The van der Waals surface area contributed by atoms with E-state index < -0.39 is 18.0 Å². The highest BCUT2D eigenvalue weighted by atomic mass is 16.4. The number of carbonyl (C=O) groups is 3. The van der Waals surface area contributed by atoms with Crippen LogP contribution in [-0.4, -0.2) is 137 Å². The molecule has 0 bridgehead atoms. The summed E-state index contributed by atoms with van der Waals surface area (Å²) < 4.78 is 0. The van der Waals surface area contributed by atoms with Crippen LogP contribution in [0.5, 0.6) is 0 Å². The van der Waals surface area contributed by atoms with Gasteiger partial charge in [-0.1, -0.05) is 0 Å². The molecule has 11 heteroatoms. The number of nitrogens with zero attached hydrogens (tertiary/aromatic N) is 4. The van der Waals surface area contributed by atoms with Crippen LogP contribution in [0.25, 0.3) is 0 Å². The molecule has 0 spiro atoms. The molecule has 1 aliphatic rings. The Morgan fingerprint density at radius 3 is 1.92 bits per heavy atom. The molecule has 0 aliphatic carbocycles. The number of carboxylic acids is 2. The number of aliphatic carboxylic acids is 2. The lowest BCUT2D eigenvalue weighted by atomic mass is 10.3. The van der Waals surface area contributed by atoms with Crippen LogP contribution in [-0.2, 0) is 9.59 Å². The Labute approximate surface area is 152 Å². The lowest BCUT2D eigenvalue weighted by molar-refractivity contribution is -0.139. The van der Waals surface area contributed by atoms with Gasteiger partial charge in [-0.25, -0.2) is 4.79 Å². The van der Waals surface area contributed by atoms with E-state index in [4.69, 9.17) is 15.3 Å². The summed E-state index contributed by atoms with van der Waals surface area (Å²) in [4.78, 5) is 39.7. The lowest BCUT2D eigenvalue weighted by Gasteiger charge is -2.27. The molecule has 11 nitrogen and oxygen atoms in total. The number of aliphatic hydroxyl groups is 1. The first-order valence-electron chi connectivity index (χ1n) is 8.51. The van der Waals surface area contributed by atoms with E-state index >= 15 is 0 Å². The Morgan fingerprint density at radius 2 is 1.38 bits per heavy atom. The summed E-state index contributed by atoms with van der Waals surface area (Å²) in [7, 11) is 0. The fourth-order valence-corrected chi connectivity index (χ4v) is 2.79. The summed E-state index contributed by atoms with van der Waals surface area (Å²) in [5.74, 6) is -1.94. The van der Waals surface area contributed by atoms with Crippen LogP contribution in [0.1, 0.15) is 0 Å². The zero-order valence-corrected chi connectivity index (χ0v) is 14.8. The molecule has 1 rings (SSSR count). The van der Waals surface area contributed by atoms with Gasteiger partial charge in [-0.05, 0) is 0 Å². The van der Waals surface area contributed by atoms with Gasteiger partial charge in [-0.15, -0.1) is 0 Å². The van der Waals surface area contributed by atoms with E-state index in [0.717, 1.165) is 0 Å². The highest BCUT2D eigenvalue weighted by molar-refractivity contribution is 5.69. The molecule has 0 atom stereocenters. The van der Waals surface area contributed by atoms with Crippen molar-refractivity contribution < 1.29 is 34.8 Å². The maximum atomic E-state index is 11.3. The second-order valence-electron chi connectivity index (χ2n) is 6.17. The average Bonchev–Trinajstić information content (AvgIpc) is 2.63. The van der Waals surface area contributed by atoms with Gasteiger partial charge in [0, 0.05) is 58.9 Å². The molecule has 0 radical (unpaired) electrons. The van der Waals surface area contributed by atoms with Crippen molar-refractivity contribution in [1.29, 1.82) is 0 Å². The molecule has 1 aliphatic heterocycles. The zero-order chi connectivity index (χ0) is 19.5. The second kappa shape index (κ2) is 11.6. The molecular weight excluding hydrogens is 348 g/mol. The van der Waals surface area contributed by atoms with Crippen molar-refractivity contribution in [3.8, 4) is 0 Å². The van der Waals surface area contributed by atoms with Gasteiger partial charge in [-0.2, -0.15) is 0 Å². The van der Waals surface area contributed by atoms with E-state index in [-0.39, 0.29) is 32.8 Å². The third kappa shape index (κ3) is 8.94.